The van der Waals surface area contributed by atoms with E-state index in [1.54, 1.807) is 6.07 Å². The minimum Gasteiger partial charge on any atom is -0.372 e. The van der Waals surface area contributed by atoms with E-state index in [1.807, 2.05) is 38.2 Å². The quantitative estimate of drug-likeness (QED) is 0.720. The number of carbonyl (C=O) groups excluding carboxylic acids is 1. The topological polar surface area (TPSA) is 61.4 Å². The maximum Gasteiger partial charge on any atom is 0.274 e. The minimum atomic E-state index is -0.221. The van der Waals surface area contributed by atoms with E-state index in [9.17, 15) is 4.79 Å². The van der Waals surface area contributed by atoms with Crippen molar-refractivity contribution in [3.63, 3.8) is 0 Å². The van der Waals surface area contributed by atoms with Crippen molar-refractivity contribution in [1.29, 1.82) is 0 Å². The second kappa shape index (κ2) is 9.90. The maximum atomic E-state index is 12.7. The summed E-state index contributed by atoms with van der Waals surface area (Å²) < 4.78 is 0. The van der Waals surface area contributed by atoms with Crippen molar-refractivity contribution >= 4 is 23.1 Å². The third kappa shape index (κ3) is 5.67. The summed E-state index contributed by atoms with van der Waals surface area (Å²) >= 11 is 0. The summed E-state index contributed by atoms with van der Waals surface area (Å²) in [7, 11) is 1.99. The molecule has 0 aliphatic rings. The number of aryl methyl sites for hydroxylation is 1. The van der Waals surface area contributed by atoms with Crippen LogP contribution in [-0.2, 0) is 0 Å². The summed E-state index contributed by atoms with van der Waals surface area (Å²) in [5, 5.41) is 2.93. The number of benzene rings is 1. The Bertz CT molecular complexity index is 741. The van der Waals surface area contributed by atoms with E-state index in [-0.39, 0.29) is 5.91 Å². The van der Waals surface area contributed by atoms with E-state index in [2.05, 4.69) is 45.9 Å². The fraction of sp³-hybridized carbons (Fsp3) is 0.476. The average molecular weight is 370 g/mol. The van der Waals surface area contributed by atoms with Gasteiger partial charge in [-0.3, -0.25) is 4.79 Å². The number of anilines is 3. The minimum absolute atomic E-state index is 0.221. The van der Waals surface area contributed by atoms with Crippen molar-refractivity contribution in [2.45, 2.75) is 40.5 Å². The Morgan fingerprint density at radius 1 is 1.07 bits per heavy atom. The number of unbranched alkanes of at least 4 members (excludes halogenated alkanes) is 1. The van der Waals surface area contributed by atoms with Crippen LogP contribution in [0, 0.1) is 6.92 Å². The van der Waals surface area contributed by atoms with Crippen LogP contribution in [0.5, 0.6) is 0 Å². The normalized spacial score (nSPS) is 10.6. The molecule has 2 rings (SSSR count). The van der Waals surface area contributed by atoms with Gasteiger partial charge in [0.2, 0.25) is 0 Å². The highest BCUT2D eigenvalue weighted by Gasteiger charge is 2.13. The molecule has 6 nitrogen and oxygen atoms in total. The highest BCUT2D eigenvalue weighted by atomic mass is 16.1. The van der Waals surface area contributed by atoms with Crippen LogP contribution >= 0.6 is 0 Å². The first-order chi connectivity index (χ1) is 13.0. The van der Waals surface area contributed by atoms with E-state index in [0.29, 0.717) is 11.5 Å². The highest BCUT2D eigenvalue weighted by Crippen LogP contribution is 2.19. The molecule has 146 valence electrons. The van der Waals surface area contributed by atoms with Gasteiger partial charge >= 0.3 is 0 Å². The number of nitrogens with one attached hydrogen (secondary N) is 1. The number of hydrogen-bond donors (Lipinski definition) is 1. The van der Waals surface area contributed by atoms with Gasteiger partial charge in [0.15, 0.2) is 0 Å². The number of nitrogens with zero attached hydrogens (tertiary/aromatic N) is 4. The summed E-state index contributed by atoms with van der Waals surface area (Å²) in [6, 6.07) is 9.65. The second-order valence-corrected chi connectivity index (χ2v) is 6.61. The maximum absolute atomic E-state index is 12.7. The Morgan fingerprint density at radius 2 is 1.74 bits per heavy atom. The second-order valence-electron chi connectivity index (χ2n) is 6.61. The lowest BCUT2D eigenvalue weighted by Crippen LogP contribution is -2.22. The number of aromatic nitrogens is 2. The standard InChI is InChI=1S/C21H31N5O/c1-6-9-14-25(5)20-15-19(22-16(4)23-20)21(27)24-17-10-12-18(13-11-17)26(7-2)8-3/h10-13,15H,6-9,14H2,1-5H3,(H,24,27). The van der Waals surface area contributed by atoms with Gasteiger partial charge < -0.3 is 15.1 Å². The Labute approximate surface area is 162 Å². The molecule has 0 aliphatic carbocycles. The van der Waals surface area contributed by atoms with Crippen molar-refractivity contribution in [3.05, 3.63) is 41.9 Å². The molecule has 0 unspecified atom stereocenters. The molecule has 0 saturated carbocycles. The van der Waals surface area contributed by atoms with Crippen molar-refractivity contribution in [2.24, 2.45) is 0 Å². The van der Waals surface area contributed by atoms with E-state index >= 15 is 0 Å². The molecule has 0 spiro atoms. The molecule has 0 saturated heterocycles. The molecule has 0 atom stereocenters. The SMILES string of the molecule is CCCCN(C)c1cc(C(=O)Nc2ccc(N(CC)CC)cc2)nc(C)n1. The van der Waals surface area contributed by atoms with E-state index in [0.717, 1.165) is 49.7 Å². The zero-order valence-corrected chi connectivity index (χ0v) is 17.1. The monoisotopic (exact) mass is 369 g/mol. The molecular formula is C21H31N5O. The fourth-order valence-electron chi connectivity index (χ4n) is 2.91. The van der Waals surface area contributed by atoms with Crippen molar-refractivity contribution in [2.75, 3.05) is 41.8 Å². The Kier molecular flexibility index (Phi) is 7.58. The van der Waals surface area contributed by atoms with E-state index < -0.39 is 0 Å². The van der Waals surface area contributed by atoms with E-state index in [4.69, 9.17) is 0 Å². The van der Waals surface area contributed by atoms with Gasteiger partial charge in [-0.2, -0.15) is 0 Å². The summed E-state index contributed by atoms with van der Waals surface area (Å²) in [6.07, 6.45) is 2.20. The molecule has 0 aliphatic heterocycles. The number of amides is 1. The molecule has 1 heterocycles. The van der Waals surface area contributed by atoms with Gasteiger partial charge in [-0.25, -0.2) is 9.97 Å². The lowest BCUT2D eigenvalue weighted by molar-refractivity contribution is 0.102. The van der Waals surface area contributed by atoms with Crippen molar-refractivity contribution in [3.8, 4) is 0 Å². The molecule has 6 heteroatoms. The van der Waals surface area contributed by atoms with Gasteiger partial charge in [0.05, 0.1) is 0 Å². The lowest BCUT2D eigenvalue weighted by Gasteiger charge is -2.21. The van der Waals surface area contributed by atoms with Gasteiger partial charge in [0, 0.05) is 44.1 Å². The van der Waals surface area contributed by atoms with Gasteiger partial charge in [-0.05, 0) is 51.5 Å². The third-order valence-corrected chi connectivity index (χ3v) is 4.55. The van der Waals surface area contributed by atoms with Crippen molar-refractivity contribution < 1.29 is 4.79 Å². The molecule has 0 radical (unpaired) electrons. The van der Waals surface area contributed by atoms with Crippen LogP contribution in [0.2, 0.25) is 0 Å². The van der Waals surface area contributed by atoms with Gasteiger partial charge in [0.25, 0.3) is 5.91 Å². The zero-order chi connectivity index (χ0) is 19.8. The summed E-state index contributed by atoms with van der Waals surface area (Å²) in [5.41, 5.74) is 2.29. The van der Waals surface area contributed by atoms with Crippen LogP contribution in [0.25, 0.3) is 0 Å². The molecule has 2 aromatic rings. The fourth-order valence-corrected chi connectivity index (χ4v) is 2.91. The summed E-state index contributed by atoms with van der Waals surface area (Å²) in [6.45, 7) is 11.0. The van der Waals surface area contributed by atoms with Crippen LogP contribution in [0.15, 0.2) is 30.3 Å². The zero-order valence-electron chi connectivity index (χ0n) is 17.1. The first-order valence-electron chi connectivity index (χ1n) is 9.71. The lowest BCUT2D eigenvalue weighted by atomic mass is 10.2. The number of hydrogen-bond acceptors (Lipinski definition) is 5. The molecular weight excluding hydrogens is 338 g/mol. The molecule has 0 fully saturated rings. The van der Waals surface area contributed by atoms with Crippen LogP contribution in [-0.4, -0.2) is 42.6 Å². The largest absolute Gasteiger partial charge is 0.372 e. The van der Waals surface area contributed by atoms with E-state index in [1.165, 1.54) is 0 Å². The van der Waals surface area contributed by atoms with Gasteiger partial charge in [0.1, 0.15) is 17.3 Å². The van der Waals surface area contributed by atoms with Gasteiger partial charge in [-0.1, -0.05) is 13.3 Å². The first-order valence-corrected chi connectivity index (χ1v) is 9.71. The number of rotatable bonds is 9. The molecule has 1 aromatic heterocycles. The highest BCUT2D eigenvalue weighted by molar-refractivity contribution is 6.03. The predicted octanol–water partition coefficient (Wildman–Crippen LogP) is 4.12. The summed E-state index contributed by atoms with van der Waals surface area (Å²) in [4.78, 5) is 25.7. The average Bonchev–Trinajstić information content (AvgIpc) is 2.67. The van der Waals surface area contributed by atoms with Crippen LogP contribution < -0.4 is 15.1 Å². The molecule has 1 amide bonds. The molecule has 0 bridgehead atoms. The summed E-state index contributed by atoms with van der Waals surface area (Å²) in [5.74, 6) is 1.15. The number of carbonyl (C=O) groups is 1. The van der Waals surface area contributed by atoms with Crippen LogP contribution in [0.4, 0.5) is 17.2 Å². The first kappa shape index (κ1) is 20.7. The Morgan fingerprint density at radius 3 is 2.33 bits per heavy atom. The predicted molar refractivity (Wildman–Crippen MR) is 113 cm³/mol. The smallest absolute Gasteiger partial charge is 0.274 e. The Balaban J connectivity index is 2.12. The van der Waals surface area contributed by atoms with Crippen LogP contribution in [0.3, 0.4) is 0 Å². The van der Waals surface area contributed by atoms with Crippen LogP contribution in [0.1, 0.15) is 49.9 Å². The van der Waals surface area contributed by atoms with Gasteiger partial charge in [-0.15, -0.1) is 0 Å². The Hall–Kier alpha value is -2.63. The molecule has 1 aromatic carbocycles. The molecule has 27 heavy (non-hydrogen) atoms. The third-order valence-electron chi connectivity index (χ3n) is 4.55. The van der Waals surface area contributed by atoms with Crippen molar-refractivity contribution in [1.82, 2.24) is 9.97 Å². The molecule has 1 N–H and O–H groups in total.